The quantitative estimate of drug-likeness (QED) is 0.350. The number of rotatable bonds is 4. The summed E-state index contributed by atoms with van der Waals surface area (Å²) in [6.07, 6.45) is 1.47. The largest absolute Gasteiger partial charge is 0.489 e. The Balaban J connectivity index is 1.17. The van der Waals surface area contributed by atoms with Gasteiger partial charge in [0.15, 0.2) is 4.96 Å². The lowest BCUT2D eigenvalue weighted by molar-refractivity contribution is -0.120. The van der Waals surface area contributed by atoms with Crippen molar-refractivity contribution in [1.29, 1.82) is 0 Å². The maximum Gasteiger partial charge on any atom is 0.272 e. The zero-order valence-corrected chi connectivity index (χ0v) is 25.7. The minimum Gasteiger partial charge on any atom is -0.489 e. The summed E-state index contributed by atoms with van der Waals surface area (Å²) in [4.78, 5) is 37.6. The number of carbonyl (C=O) groups is 2. The van der Waals surface area contributed by atoms with Crippen LogP contribution in [0.3, 0.4) is 0 Å². The van der Waals surface area contributed by atoms with Crippen molar-refractivity contribution in [1.82, 2.24) is 24.5 Å². The molecule has 1 saturated heterocycles. The summed E-state index contributed by atoms with van der Waals surface area (Å²) in [5.74, 6) is 4.85. The Morgan fingerprint density at radius 2 is 1.89 bits per heavy atom. The summed E-state index contributed by atoms with van der Waals surface area (Å²) in [7, 11) is 3.76. The van der Waals surface area contributed by atoms with Gasteiger partial charge in [0.05, 0.1) is 16.9 Å². The Labute approximate surface area is 258 Å². The van der Waals surface area contributed by atoms with Crippen LogP contribution < -0.4 is 15.0 Å². The van der Waals surface area contributed by atoms with Gasteiger partial charge in [0.2, 0.25) is 0 Å². The van der Waals surface area contributed by atoms with Gasteiger partial charge in [0.25, 0.3) is 11.8 Å². The summed E-state index contributed by atoms with van der Waals surface area (Å²) < 4.78 is 35.4. The van der Waals surface area contributed by atoms with Crippen molar-refractivity contribution in [2.45, 2.75) is 25.4 Å². The number of amides is 2. The molecule has 2 aromatic heterocycles. The van der Waals surface area contributed by atoms with Gasteiger partial charge in [-0.2, -0.15) is 0 Å². The molecule has 2 aliphatic heterocycles. The third kappa shape index (κ3) is 5.78. The van der Waals surface area contributed by atoms with Gasteiger partial charge in [-0.25, -0.2) is 13.8 Å². The highest BCUT2D eigenvalue weighted by atomic mass is 32.1. The SMILES string of the molecule is CN1CCN(C(C)(C)C#Cc2ccc3c(c2)N(C)C(=O)[C@@H](NC(=O)c2cn4c(-c5ccc(F)cc5F)csc4n2)CO3)CC1. The summed E-state index contributed by atoms with van der Waals surface area (Å²) >= 11 is 1.21. The number of aromatic nitrogens is 2. The van der Waals surface area contributed by atoms with E-state index in [4.69, 9.17) is 4.74 Å². The van der Waals surface area contributed by atoms with Crippen LogP contribution in [-0.2, 0) is 4.79 Å². The molecule has 2 aliphatic rings. The van der Waals surface area contributed by atoms with Crippen molar-refractivity contribution in [2.24, 2.45) is 0 Å². The number of hydrogen-bond acceptors (Lipinski definition) is 7. The lowest BCUT2D eigenvalue weighted by Crippen LogP contribution is -2.53. The normalized spacial score (nSPS) is 17.9. The topological polar surface area (TPSA) is 82.4 Å². The molecule has 228 valence electrons. The Bertz CT molecular complexity index is 1820. The van der Waals surface area contributed by atoms with Crippen molar-refractivity contribution >= 4 is 33.8 Å². The lowest BCUT2D eigenvalue weighted by atomic mass is 10.0. The van der Waals surface area contributed by atoms with E-state index in [0.717, 1.165) is 37.8 Å². The van der Waals surface area contributed by atoms with Crippen LogP contribution in [0.4, 0.5) is 14.5 Å². The van der Waals surface area contributed by atoms with Crippen LogP contribution in [0.1, 0.15) is 29.9 Å². The van der Waals surface area contributed by atoms with Crippen molar-refractivity contribution in [3.63, 3.8) is 0 Å². The second kappa shape index (κ2) is 11.6. The smallest absolute Gasteiger partial charge is 0.272 e. The van der Waals surface area contributed by atoms with Gasteiger partial charge in [-0.1, -0.05) is 11.8 Å². The highest BCUT2D eigenvalue weighted by molar-refractivity contribution is 7.15. The standard InChI is InChI=1S/C32H32F2N6O3S/c1-32(2,39-13-11-37(3)12-14-39)10-9-20-5-8-28-26(15-20)38(4)30(42)25(18-43-28)35-29(41)24-17-40-27(19-44-31(40)36-24)22-7-6-21(33)16-23(22)34/h5-8,15-17,19,25H,11-14,18H2,1-4H3,(H,35,41)/t25-/m0/s1. The maximum atomic E-state index is 14.4. The average molecular weight is 619 g/mol. The Morgan fingerprint density at radius 1 is 1.11 bits per heavy atom. The van der Waals surface area contributed by atoms with Gasteiger partial charge >= 0.3 is 0 Å². The molecule has 44 heavy (non-hydrogen) atoms. The summed E-state index contributed by atoms with van der Waals surface area (Å²) in [6, 6.07) is 7.82. The third-order valence-electron chi connectivity index (χ3n) is 8.12. The molecule has 0 saturated carbocycles. The van der Waals surface area contributed by atoms with E-state index in [2.05, 4.69) is 52.8 Å². The van der Waals surface area contributed by atoms with Gasteiger partial charge in [0, 0.05) is 62.0 Å². The molecular formula is C32H32F2N6O3S. The number of ether oxygens (including phenoxy) is 1. The number of carbonyl (C=O) groups excluding carboxylic acids is 2. The molecule has 0 radical (unpaired) electrons. The van der Waals surface area contributed by atoms with Gasteiger partial charge in [-0.05, 0) is 51.2 Å². The van der Waals surface area contributed by atoms with Crippen LogP contribution in [0.2, 0.25) is 0 Å². The number of anilines is 1. The summed E-state index contributed by atoms with van der Waals surface area (Å²) in [5, 5.41) is 4.41. The van der Waals surface area contributed by atoms with Crippen LogP contribution >= 0.6 is 11.3 Å². The molecule has 0 bridgehead atoms. The van der Waals surface area contributed by atoms with Crippen LogP contribution in [0.25, 0.3) is 16.2 Å². The summed E-state index contributed by atoms with van der Waals surface area (Å²) in [6.45, 7) is 8.07. The summed E-state index contributed by atoms with van der Waals surface area (Å²) in [5.41, 5.74) is 1.67. The van der Waals surface area contributed by atoms with Gasteiger partial charge in [-0.15, -0.1) is 11.3 Å². The van der Waals surface area contributed by atoms with E-state index in [9.17, 15) is 18.4 Å². The second-order valence-corrected chi connectivity index (χ2v) is 12.4. The molecule has 0 spiro atoms. The van der Waals surface area contributed by atoms with E-state index >= 15 is 0 Å². The first-order chi connectivity index (χ1) is 21.0. The first-order valence-corrected chi connectivity index (χ1v) is 15.1. The highest BCUT2D eigenvalue weighted by Crippen LogP contribution is 2.32. The van der Waals surface area contributed by atoms with Crippen molar-refractivity contribution in [2.75, 3.05) is 51.8 Å². The number of piperazine rings is 1. The molecule has 0 unspecified atom stereocenters. The molecule has 2 aromatic carbocycles. The number of nitrogens with zero attached hydrogens (tertiary/aromatic N) is 5. The Kier molecular flexibility index (Phi) is 7.88. The second-order valence-electron chi connectivity index (χ2n) is 11.5. The van der Waals surface area contributed by atoms with E-state index in [1.165, 1.54) is 34.6 Å². The molecule has 9 nitrogen and oxygen atoms in total. The average Bonchev–Trinajstić information content (AvgIpc) is 3.57. The number of thiazole rings is 1. The number of hydrogen-bond donors (Lipinski definition) is 1. The fourth-order valence-corrected chi connectivity index (χ4v) is 6.24. The van der Waals surface area contributed by atoms with Crippen LogP contribution in [0, 0.1) is 23.5 Å². The Hall–Kier alpha value is -4.31. The monoisotopic (exact) mass is 618 g/mol. The van der Waals surface area contributed by atoms with E-state index in [-0.39, 0.29) is 29.3 Å². The van der Waals surface area contributed by atoms with Crippen LogP contribution in [-0.4, -0.2) is 89.5 Å². The molecule has 1 fully saturated rings. The number of halogens is 2. The van der Waals surface area contributed by atoms with Gasteiger partial charge in [0.1, 0.15) is 35.7 Å². The van der Waals surface area contributed by atoms with Crippen molar-refractivity contribution in [3.05, 3.63) is 70.9 Å². The number of nitrogens with one attached hydrogen (secondary N) is 1. The number of fused-ring (bicyclic) bond motifs is 2. The molecule has 1 N–H and O–H groups in total. The van der Waals surface area contributed by atoms with E-state index in [1.54, 1.807) is 22.9 Å². The fraction of sp³-hybridized carbons (Fsp3) is 0.344. The molecular weight excluding hydrogens is 586 g/mol. The predicted octanol–water partition coefficient (Wildman–Crippen LogP) is 3.87. The molecule has 12 heteroatoms. The zero-order chi connectivity index (χ0) is 31.2. The zero-order valence-electron chi connectivity index (χ0n) is 24.9. The lowest BCUT2D eigenvalue weighted by Gasteiger charge is -2.40. The molecule has 1 atom stereocenters. The molecule has 4 aromatic rings. The van der Waals surface area contributed by atoms with E-state index < -0.39 is 23.6 Å². The Morgan fingerprint density at radius 3 is 2.64 bits per heavy atom. The van der Waals surface area contributed by atoms with Crippen LogP contribution in [0.15, 0.2) is 48.0 Å². The number of likely N-dealkylation sites (N-methyl/N-ethyl adjacent to an activating group) is 2. The molecule has 6 rings (SSSR count). The van der Waals surface area contributed by atoms with E-state index in [0.29, 0.717) is 22.1 Å². The fourth-order valence-electron chi connectivity index (χ4n) is 5.37. The highest BCUT2D eigenvalue weighted by Gasteiger charge is 2.32. The van der Waals surface area contributed by atoms with E-state index in [1.807, 2.05) is 12.1 Å². The maximum absolute atomic E-state index is 14.4. The first kappa shape index (κ1) is 29.7. The predicted molar refractivity (Wildman–Crippen MR) is 165 cm³/mol. The van der Waals surface area contributed by atoms with Gasteiger partial charge < -0.3 is 19.9 Å². The molecule has 4 heterocycles. The minimum atomic E-state index is -0.973. The van der Waals surface area contributed by atoms with Crippen molar-refractivity contribution < 1.29 is 23.1 Å². The minimum absolute atomic E-state index is 0.0540. The van der Waals surface area contributed by atoms with Crippen molar-refractivity contribution in [3.8, 4) is 28.8 Å². The van der Waals surface area contributed by atoms with Crippen LogP contribution in [0.5, 0.6) is 5.75 Å². The van der Waals surface area contributed by atoms with Gasteiger partial charge in [-0.3, -0.25) is 18.9 Å². The first-order valence-electron chi connectivity index (χ1n) is 14.2. The number of imidazole rings is 1. The third-order valence-corrected chi connectivity index (χ3v) is 8.96. The number of benzene rings is 2. The molecule has 2 amide bonds. The molecule has 0 aliphatic carbocycles.